The monoisotopic (exact) mass is 170 g/mol. The molecule has 0 unspecified atom stereocenters. The van der Waals surface area contributed by atoms with Gasteiger partial charge in [0.25, 0.3) is 0 Å². The molecule has 2 nitrogen and oxygen atoms in total. The largest absolute Gasteiger partial charge is 0.377 e. The van der Waals surface area contributed by atoms with Gasteiger partial charge < -0.3 is 9.64 Å². The molecule has 1 fully saturated rings. The van der Waals surface area contributed by atoms with Crippen molar-refractivity contribution in [1.29, 1.82) is 0 Å². The van der Waals surface area contributed by atoms with Gasteiger partial charge in [0.1, 0.15) is 0 Å². The summed E-state index contributed by atoms with van der Waals surface area (Å²) in [7, 11) is 4.16. The zero-order valence-electron chi connectivity index (χ0n) is 8.25. The van der Waals surface area contributed by atoms with E-state index in [1.807, 2.05) is 0 Å². The third kappa shape index (κ3) is 4.07. The smallest absolute Gasteiger partial charge is 0.0596 e. The first-order chi connectivity index (χ1) is 5.79. The van der Waals surface area contributed by atoms with Crippen molar-refractivity contribution >= 4 is 0 Å². The van der Waals surface area contributed by atoms with Gasteiger partial charge in [-0.2, -0.15) is 0 Å². The first-order valence-corrected chi connectivity index (χ1v) is 4.87. The zero-order chi connectivity index (χ0) is 8.81. The Morgan fingerprint density at radius 1 is 1.33 bits per heavy atom. The maximum absolute atomic E-state index is 5.73. The fourth-order valence-electron chi connectivity index (χ4n) is 1.46. The molecule has 0 aliphatic heterocycles. The molecule has 0 spiro atoms. The molecule has 0 aromatic carbocycles. The van der Waals surface area contributed by atoms with Crippen molar-refractivity contribution < 1.29 is 4.74 Å². The Labute approximate surface area is 75.9 Å². The summed E-state index contributed by atoms with van der Waals surface area (Å²) >= 11 is 0. The molecule has 2 heteroatoms. The predicted octanol–water partition coefficient (Wildman–Crippen LogP) is 1.71. The van der Waals surface area contributed by atoms with Crippen LogP contribution in [-0.4, -0.2) is 38.3 Å². The summed E-state index contributed by atoms with van der Waals surface area (Å²) < 4.78 is 5.73. The summed E-state index contributed by atoms with van der Waals surface area (Å²) in [6.07, 6.45) is 7.85. The van der Waals surface area contributed by atoms with Crippen LogP contribution in [0, 0.1) is 6.42 Å². The van der Waals surface area contributed by atoms with Crippen molar-refractivity contribution in [3.8, 4) is 0 Å². The Bertz CT molecular complexity index is 108. The molecule has 1 aliphatic rings. The lowest BCUT2D eigenvalue weighted by molar-refractivity contribution is 0.0274. The normalized spacial score (nSPS) is 20.2. The van der Waals surface area contributed by atoms with Gasteiger partial charge in [-0.15, -0.1) is 0 Å². The standard InChI is InChI=1S/C10H20NO/c1-11(2)8-9-12-10-6-4-3-5-7-10/h3,10H,4-9H2,1-2H3. The Morgan fingerprint density at radius 3 is 2.58 bits per heavy atom. The van der Waals surface area contributed by atoms with Gasteiger partial charge in [0.15, 0.2) is 0 Å². The van der Waals surface area contributed by atoms with E-state index in [0.29, 0.717) is 6.10 Å². The Kier molecular flexibility index (Phi) is 4.62. The molecule has 0 amide bonds. The molecule has 0 heterocycles. The molecule has 12 heavy (non-hydrogen) atoms. The molecular weight excluding hydrogens is 150 g/mol. The van der Waals surface area contributed by atoms with Crippen molar-refractivity contribution in [3.05, 3.63) is 6.42 Å². The summed E-state index contributed by atoms with van der Waals surface area (Å²) in [6, 6.07) is 0. The van der Waals surface area contributed by atoms with Gasteiger partial charge >= 0.3 is 0 Å². The lowest BCUT2D eigenvalue weighted by Gasteiger charge is -2.22. The number of hydrogen-bond donors (Lipinski definition) is 0. The maximum atomic E-state index is 5.73. The molecule has 1 saturated carbocycles. The van der Waals surface area contributed by atoms with E-state index >= 15 is 0 Å². The van der Waals surface area contributed by atoms with E-state index in [1.54, 1.807) is 0 Å². The van der Waals surface area contributed by atoms with Crippen molar-refractivity contribution in [2.75, 3.05) is 27.2 Å². The van der Waals surface area contributed by atoms with E-state index in [0.717, 1.165) is 13.2 Å². The van der Waals surface area contributed by atoms with Crippen molar-refractivity contribution in [1.82, 2.24) is 4.90 Å². The molecule has 0 aromatic heterocycles. The summed E-state index contributed by atoms with van der Waals surface area (Å²) in [6.45, 7) is 1.93. The molecule has 1 radical (unpaired) electrons. The first-order valence-electron chi connectivity index (χ1n) is 4.87. The molecule has 0 aromatic rings. The number of rotatable bonds is 4. The average molecular weight is 170 g/mol. The highest BCUT2D eigenvalue weighted by molar-refractivity contribution is 4.76. The molecule has 0 saturated heterocycles. The lowest BCUT2D eigenvalue weighted by Crippen LogP contribution is -2.23. The molecule has 0 bridgehead atoms. The van der Waals surface area contributed by atoms with Crippen LogP contribution in [0.15, 0.2) is 0 Å². The van der Waals surface area contributed by atoms with Gasteiger partial charge in [-0.3, -0.25) is 0 Å². The first kappa shape index (κ1) is 10.0. The highest BCUT2D eigenvalue weighted by Crippen LogP contribution is 2.19. The Balaban J connectivity index is 1.98. The van der Waals surface area contributed by atoms with Crippen LogP contribution in [0.25, 0.3) is 0 Å². The number of hydrogen-bond acceptors (Lipinski definition) is 2. The maximum Gasteiger partial charge on any atom is 0.0596 e. The quantitative estimate of drug-likeness (QED) is 0.637. The van der Waals surface area contributed by atoms with E-state index in [9.17, 15) is 0 Å². The van der Waals surface area contributed by atoms with Crippen LogP contribution in [0.1, 0.15) is 25.7 Å². The predicted molar refractivity (Wildman–Crippen MR) is 51.1 cm³/mol. The van der Waals surface area contributed by atoms with Crippen LogP contribution < -0.4 is 0 Å². The van der Waals surface area contributed by atoms with Gasteiger partial charge in [0.2, 0.25) is 0 Å². The summed E-state index contributed by atoms with van der Waals surface area (Å²) in [5.74, 6) is 0. The summed E-state index contributed by atoms with van der Waals surface area (Å²) in [5, 5.41) is 0. The average Bonchev–Trinajstić information content (AvgIpc) is 2.05. The van der Waals surface area contributed by atoms with E-state index < -0.39 is 0 Å². The van der Waals surface area contributed by atoms with Crippen LogP contribution in [0.5, 0.6) is 0 Å². The number of nitrogens with zero attached hydrogens (tertiary/aromatic N) is 1. The third-order valence-electron chi connectivity index (χ3n) is 2.28. The molecule has 71 valence electrons. The summed E-state index contributed by atoms with van der Waals surface area (Å²) in [5.41, 5.74) is 0. The number of likely N-dealkylation sites (N-methyl/N-ethyl adjacent to an activating group) is 1. The minimum absolute atomic E-state index is 0.537. The Morgan fingerprint density at radius 2 is 2.00 bits per heavy atom. The van der Waals surface area contributed by atoms with Crippen LogP contribution in [0.4, 0.5) is 0 Å². The molecule has 1 rings (SSSR count). The van der Waals surface area contributed by atoms with Gasteiger partial charge in [-0.25, -0.2) is 0 Å². The van der Waals surface area contributed by atoms with E-state index in [-0.39, 0.29) is 0 Å². The van der Waals surface area contributed by atoms with Gasteiger partial charge in [-0.05, 0) is 46.2 Å². The van der Waals surface area contributed by atoms with Crippen molar-refractivity contribution in [2.24, 2.45) is 0 Å². The fourth-order valence-corrected chi connectivity index (χ4v) is 1.46. The second-order valence-corrected chi connectivity index (χ2v) is 3.74. The van der Waals surface area contributed by atoms with Crippen LogP contribution in [-0.2, 0) is 4.74 Å². The van der Waals surface area contributed by atoms with Crippen LogP contribution in [0.3, 0.4) is 0 Å². The fraction of sp³-hybridized carbons (Fsp3) is 0.900. The van der Waals surface area contributed by atoms with Crippen LogP contribution >= 0.6 is 0 Å². The SMILES string of the molecule is CN(C)CCOC1CC[CH]CC1. The second kappa shape index (κ2) is 5.55. The van der Waals surface area contributed by atoms with Gasteiger partial charge in [0, 0.05) is 6.54 Å². The molecular formula is C10H20NO. The van der Waals surface area contributed by atoms with Crippen molar-refractivity contribution in [3.63, 3.8) is 0 Å². The minimum Gasteiger partial charge on any atom is -0.377 e. The minimum atomic E-state index is 0.537. The van der Waals surface area contributed by atoms with Gasteiger partial charge in [-0.1, -0.05) is 0 Å². The van der Waals surface area contributed by atoms with E-state index in [4.69, 9.17) is 4.74 Å². The van der Waals surface area contributed by atoms with Crippen LogP contribution in [0.2, 0.25) is 0 Å². The highest BCUT2D eigenvalue weighted by Gasteiger charge is 2.13. The molecule has 0 N–H and O–H groups in total. The van der Waals surface area contributed by atoms with Gasteiger partial charge in [0.05, 0.1) is 12.7 Å². The molecule has 0 atom stereocenters. The van der Waals surface area contributed by atoms with E-state index in [2.05, 4.69) is 25.4 Å². The molecule has 1 aliphatic carbocycles. The number of ether oxygens (including phenoxy) is 1. The van der Waals surface area contributed by atoms with E-state index in [1.165, 1.54) is 25.7 Å². The third-order valence-corrected chi connectivity index (χ3v) is 2.28. The second-order valence-electron chi connectivity index (χ2n) is 3.74. The summed E-state index contributed by atoms with van der Waals surface area (Å²) in [4.78, 5) is 2.16. The van der Waals surface area contributed by atoms with Crippen molar-refractivity contribution in [2.45, 2.75) is 31.8 Å². The Hall–Kier alpha value is -0.0800. The topological polar surface area (TPSA) is 12.5 Å². The zero-order valence-corrected chi connectivity index (χ0v) is 8.25. The lowest BCUT2D eigenvalue weighted by atomic mass is 9.98. The highest BCUT2D eigenvalue weighted by atomic mass is 16.5.